The van der Waals surface area contributed by atoms with Crippen LogP contribution in [0.2, 0.25) is 0 Å². The zero-order chi connectivity index (χ0) is 14.0. The summed E-state index contributed by atoms with van der Waals surface area (Å²) in [5.74, 6) is 0.405. The van der Waals surface area contributed by atoms with Crippen molar-refractivity contribution in [3.63, 3.8) is 0 Å². The number of nitrogens with one attached hydrogen (secondary N) is 1. The Morgan fingerprint density at radius 2 is 2.16 bits per heavy atom. The second-order valence-corrected chi connectivity index (χ2v) is 5.34. The monoisotopic (exact) mass is 265 g/mol. The molecule has 0 aliphatic heterocycles. The topological polar surface area (TPSA) is 79.5 Å². The van der Waals surface area contributed by atoms with E-state index in [9.17, 15) is 14.7 Å². The van der Waals surface area contributed by atoms with Gasteiger partial charge in [-0.3, -0.25) is 4.79 Å². The zero-order valence-corrected chi connectivity index (χ0v) is 11.2. The molecule has 0 bridgehead atoms. The molecule has 1 fully saturated rings. The van der Waals surface area contributed by atoms with Crippen LogP contribution in [-0.4, -0.2) is 22.5 Å². The van der Waals surface area contributed by atoms with Crippen molar-refractivity contribution in [2.24, 2.45) is 5.92 Å². The summed E-state index contributed by atoms with van der Waals surface area (Å²) in [4.78, 5) is 23.1. The smallest absolute Gasteiger partial charge is 0.329 e. The lowest BCUT2D eigenvalue weighted by molar-refractivity contribution is -0.147. The molecule has 1 atom stereocenters. The molecule has 1 saturated carbocycles. The number of carboxylic acid groups (broad SMARTS) is 1. The van der Waals surface area contributed by atoms with Gasteiger partial charge in [-0.1, -0.05) is 0 Å². The molecule has 0 saturated heterocycles. The molecule has 0 aromatic carbocycles. The van der Waals surface area contributed by atoms with E-state index in [0.29, 0.717) is 6.42 Å². The van der Waals surface area contributed by atoms with E-state index >= 15 is 0 Å². The van der Waals surface area contributed by atoms with Crippen LogP contribution in [0.1, 0.15) is 37.7 Å². The summed E-state index contributed by atoms with van der Waals surface area (Å²) in [6.07, 6.45) is 2.45. The quantitative estimate of drug-likeness (QED) is 0.823. The van der Waals surface area contributed by atoms with E-state index in [1.807, 2.05) is 19.1 Å². The molecule has 1 aromatic rings. The van der Waals surface area contributed by atoms with E-state index < -0.39 is 11.5 Å². The van der Waals surface area contributed by atoms with E-state index in [0.717, 1.165) is 24.4 Å². The number of hydrogen-bond donors (Lipinski definition) is 2. The molecule has 1 aliphatic rings. The van der Waals surface area contributed by atoms with Crippen LogP contribution in [0.4, 0.5) is 0 Å². The maximum Gasteiger partial charge on any atom is 0.329 e. The summed E-state index contributed by atoms with van der Waals surface area (Å²) < 4.78 is 5.37. The first kappa shape index (κ1) is 13.6. The average molecular weight is 265 g/mol. The van der Waals surface area contributed by atoms with Crippen LogP contribution in [0.3, 0.4) is 0 Å². The molecule has 2 rings (SSSR count). The van der Waals surface area contributed by atoms with Crippen LogP contribution in [-0.2, 0) is 16.0 Å². The Morgan fingerprint density at radius 3 is 2.63 bits per heavy atom. The van der Waals surface area contributed by atoms with Gasteiger partial charge in [-0.2, -0.15) is 0 Å². The Bertz CT molecular complexity index is 489. The molecule has 1 aromatic heterocycles. The summed E-state index contributed by atoms with van der Waals surface area (Å²) in [5, 5.41) is 11.9. The fourth-order valence-electron chi connectivity index (χ4n) is 2.20. The van der Waals surface area contributed by atoms with E-state index in [1.54, 1.807) is 6.92 Å². The summed E-state index contributed by atoms with van der Waals surface area (Å²) in [7, 11) is 0. The highest BCUT2D eigenvalue weighted by Gasteiger charge is 2.48. The van der Waals surface area contributed by atoms with Gasteiger partial charge in [0, 0.05) is 12.8 Å². The number of rotatable bonds is 6. The van der Waals surface area contributed by atoms with E-state index in [1.165, 1.54) is 0 Å². The SMILES string of the molecule is Cc1ccc(CCC(=O)NC(C)(C(=O)O)C2CC2)o1. The third-order valence-corrected chi connectivity index (χ3v) is 3.63. The molecule has 1 heterocycles. The van der Waals surface area contributed by atoms with Gasteiger partial charge in [0.15, 0.2) is 0 Å². The second kappa shape index (κ2) is 5.07. The lowest BCUT2D eigenvalue weighted by atomic mass is 9.95. The number of aliphatic carboxylic acids is 1. The maximum absolute atomic E-state index is 11.9. The fourth-order valence-corrected chi connectivity index (χ4v) is 2.20. The number of carboxylic acids is 1. The highest BCUT2D eigenvalue weighted by Crippen LogP contribution is 2.39. The Balaban J connectivity index is 1.88. The minimum atomic E-state index is -1.13. The molecule has 1 amide bonds. The zero-order valence-electron chi connectivity index (χ0n) is 11.2. The van der Waals surface area contributed by atoms with Crippen molar-refractivity contribution in [1.29, 1.82) is 0 Å². The first-order valence-corrected chi connectivity index (χ1v) is 6.51. The standard InChI is InChI=1S/C14H19NO4/c1-9-3-6-11(19-9)7-8-12(16)15-14(2,13(17)18)10-4-5-10/h3,6,10H,4-5,7-8H2,1-2H3,(H,15,16)(H,17,18). The summed E-state index contributed by atoms with van der Waals surface area (Å²) in [6.45, 7) is 3.43. The first-order valence-electron chi connectivity index (χ1n) is 6.51. The van der Waals surface area contributed by atoms with Crippen LogP contribution in [0.5, 0.6) is 0 Å². The lowest BCUT2D eigenvalue weighted by Crippen LogP contribution is -2.54. The van der Waals surface area contributed by atoms with E-state index in [4.69, 9.17) is 4.42 Å². The number of carbonyl (C=O) groups excluding carboxylic acids is 1. The molecule has 5 nitrogen and oxygen atoms in total. The van der Waals surface area contributed by atoms with Gasteiger partial charge in [-0.25, -0.2) is 4.79 Å². The Hall–Kier alpha value is -1.78. The van der Waals surface area contributed by atoms with Crippen molar-refractivity contribution in [3.8, 4) is 0 Å². The Morgan fingerprint density at radius 1 is 1.47 bits per heavy atom. The lowest BCUT2D eigenvalue weighted by Gasteiger charge is -2.26. The highest BCUT2D eigenvalue weighted by atomic mass is 16.4. The van der Waals surface area contributed by atoms with E-state index in [2.05, 4.69) is 5.32 Å². The number of furan rings is 1. The van der Waals surface area contributed by atoms with Crippen LogP contribution in [0, 0.1) is 12.8 Å². The second-order valence-electron chi connectivity index (χ2n) is 5.34. The molecule has 2 N–H and O–H groups in total. The van der Waals surface area contributed by atoms with Crippen LogP contribution in [0.25, 0.3) is 0 Å². The molecule has 0 spiro atoms. The predicted octanol–water partition coefficient (Wildman–Crippen LogP) is 1.89. The van der Waals surface area contributed by atoms with Crippen LogP contribution >= 0.6 is 0 Å². The first-order chi connectivity index (χ1) is 8.91. The van der Waals surface area contributed by atoms with Gasteiger partial charge in [-0.15, -0.1) is 0 Å². The van der Waals surface area contributed by atoms with Crippen LogP contribution < -0.4 is 5.32 Å². The maximum atomic E-state index is 11.9. The predicted molar refractivity (Wildman–Crippen MR) is 68.7 cm³/mol. The number of carbonyl (C=O) groups is 2. The summed E-state index contributed by atoms with van der Waals surface area (Å²) in [5.41, 5.74) is -1.13. The average Bonchev–Trinajstić information content (AvgIpc) is 3.11. The molecular formula is C14H19NO4. The van der Waals surface area contributed by atoms with Gasteiger partial charge >= 0.3 is 5.97 Å². The fraction of sp³-hybridized carbons (Fsp3) is 0.571. The largest absolute Gasteiger partial charge is 0.480 e. The molecule has 0 radical (unpaired) electrons. The van der Waals surface area contributed by atoms with Crippen molar-refractivity contribution in [2.45, 2.75) is 45.1 Å². The molecule has 1 unspecified atom stereocenters. The Labute approximate surface area is 112 Å². The van der Waals surface area contributed by atoms with Crippen molar-refractivity contribution in [3.05, 3.63) is 23.7 Å². The van der Waals surface area contributed by atoms with Gasteiger partial charge < -0.3 is 14.8 Å². The minimum absolute atomic E-state index is 0.0554. The van der Waals surface area contributed by atoms with Gasteiger partial charge in [0.2, 0.25) is 5.91 Å². The van der Waals surface area contributed by atoms with Crippen molar-refractivity contribution >= 4 is 11.9 Å². The highest BCUT2D eigenvalue weighted by molar-refractivity contribution is 5.87. The molecule has 19 heavy (non-hydrogen) atoms. The third-order valence-electron chi connectivity index (χ3n) is 3.63. The van der Waals surface area contributed by atoms with Gasteiger partial charge in [0.05, 0.1) is 0 Å². The van der Waals surface area contributed by atoms with Gasteiger partial charge in [0.1, 0.15) is 17.1 Å². The van der Waals surface area contributed by atoms with Gasteiger partial charge in [0.25, 0.3) is 0 Å². The number of aryl methyl sites for hydroxylation is 2. The molecule has 1 aliphatic carbocycles. The summed E-state index contributed by atoms with van der Waals surface area (Å²) >= 11 is 0. The van der Waals surface area contributed by atoms with Crippen molar-refractivity contribution < 1.29 is 19.1 Å². The normalized spacial score (nSPS) is 17.8. The number of hydrogen-bond acceptors (Lipinski definition) is 3. The number of amides is 1. The molecule has 5 heteroatoms. The van der Waals surface area contributed by atoms with Crippen LogP contribution in [0.15, 0.2) is 16.5 Å². The van der Waals surface area contributed by atoms with Gasteiger partial charge in [-0.05, 0) is 44.7 Å². The summed E-state index contributed by atoms with van der Waals surface area (Å²) in [6, 6.07) is 3.68. The van der Waals surface area contributed by atoms with Crippen molar-refractivity contribution in [2.75, 3.05) is 0 Å². The van der Waals surface area contributed by atoms with E-state index in [-0.39, 0.29) is 18.2 Å². The minimum Gasteiger partial charge on any atom is -0.480 e. The Kier molecular flexibility index (Phi) is 3.64. The molecule has 104 valence electrons. The third kappa shape index (κ3) is 3.16. The van der Waals surface area contributed by atoms with Crippen molar-refractivity contribution in [1.82, 2.24) is 5.32 Å². The molecular weight excluding hydrogens is 246 g/mol.